The van der Waals surface area contributed by atoms with Crippen molar-refractivity contribution in [3.63, 3.8) is 0 Å². The SMILES string of the molecule is O=C(O)C(CC1CCNO1)(c1ccccc1)N1CCCCC1. The molecule has 1 aromatic rings. The van der Waals surface area contributed by atoms with E-state index >= 15 is 0 Å². The third-order valence-corrected chi connectivity index (χ3v) is 4.84. The molecule has 2 aliphatic heterocycles. The standard InChI is InChI=1S/C17H24N2O3/c20-16(21)17(13-15-9-10-18-22-15,14-7-3-1-4-8-14)19-11-5-2-6-12-19/h1,3-4,7-8,15,18H,2,5-6,9-13H2,(H,20,21). The van der Waals surface area contributed by atoms with Crippen molar-refractivity contribution in [2.45, 2.75) is 43.7 Å². The first-order valence-electron chi connectivity index (χ1n) is 8.16. The highest BCUT2D eigenvalue weighted by atomic mass is 16.7. The molecule has 0 spiro atoms. The Labute approximate surface area is 131 Å². The molecule has 0 amide bonds. The second-order valence-corrected chi connectivity index (χ2v) is 6.21. The van der Waals surface area contributed by atoms with Crippen molar-refractivity contribution < 1.29 is 14.7 Å². The van der Waals surface area contributed by atoms with Gasteiger partial charge in [0.2, 0.25) is 0 Å². The minimum Gasteiger partial charge on any atom is -0.480 e. The summed E-state index contributed by atoms with van der Waals surface area (Å²) in [6.07, 6.45) is 4.59. The highest BCUT2D eigenvalue weighted by Crippen LogP contribution is 2.37. The van der Waals surface area contributed by atoms with Crippen LogP contribution in [-0.4, -0.2) is 41.7 Å². The van der Waals surface area contributed by atoms with Gasteiger partial charge in [-0.2, -0.15) is 0 Å². The summed E-state index contributed by atoms with van der Waals surface area (Å²) in [6, 6.07) is 9.64. The van der Waals surface area contributed by atoms with Crippen molar-refractivity contribution in [3.05, 3.63) is 35.9 Å². The minimum absolute atomic E-state index is 0.0572. The monoisotopic (exact) mass is 304 g/mol. The zero-order valence-electron chi connectivity index (χ0n) is 12.8. The molecule has 22 heavy (non-hydrogen) atoms. The molecule has 0 aliphatic carbocycles. The van der Waals surface area contributed by atoms with Gasteiger partial charge >= 0.3 is 5.97 Å². The van der Waals surface area contributed by atoms with Gasteiger partial charge in [-0.1, -0.05) is 36.8 Å². The number of hydroxylamine groups is 1. The molecule has 2 atom stereocenters. The summed E-state index contributed by atoms with van der Waals surface area (Å²) in [5, 5.41) is 10.2. The number of carboxylic acid groups (broad SMARTS) is 1. The molecule has 5 heteroatoms. The van der Waals surface area contributed by atoms with Gasteiger partial charge in [-0.15, -0.1) is 0 Å². The van der Waals surface area contributed by atoms with Gasteiger partial charge in [0.25, 0.3) is 0 Å². The van der Waals surface area contributed by atoms with Crippen LogP contribution in [0, 0.1) is 0 Å². The van der Waals surface area contributed by atoms with E-state index in [2.05, 4.69) is 10.4 Å². The fraction of sp³-hybridized carbons (Fsp3) is 0.588. The highest BCUT2D eigenvalue weighted by molar-refractivity contribution is 5.81. The Balaban J connectivity index is 1.98. The van der Waals surface area contributed by atoms with Crippen molar-refractivity contribution in [2.75, 3.05) is 19.6 Å². The molecule has 2 N–H and O–H groups in total. The summed E-state index contributed by atoms with van der Waals surface area (Å²) in [5.41, 5.74) is 2.75. The number of piperidine rings is 1. The number of nitrogens with zero attached hydrogens (tertiary/aromatic N) is 1. The van der Waals surface area contributed by atoms with Gasteiger partial charge in [-0.05, 0) is 37.9 Å². The molecule has 3 rings (SSSR count). The van der Waals surface area contributed by atoms with E-state index in [1.54, 1.807) is 0 Å². The van der Waals surface area contributed by atoms with Crippen molar-refractivity contribution in [1.82, 2.24) is 10.4 Å². The maximum atomic E-state index is 12.4. The number of likely N-dealkylation sites (tertiary alicyclic amines) is 1. The molecule has 0 bridgehead atoms. The summed E-state index contributed by atoms with van der Waals surface area (Å²) in [4.78, 5) is 20.1. The molecule has 2 heterocycles. The zero-order chi connectivity index (χ0) is 15.4. The molecular formula is C17H24N2O3. The van der Waals surface area contributed by atoms with Crippen molar-refractivity contribution in [3.8, 4) is 0 Å². The van der Waals surface area contributed by atoms with E-state index in [0.717, 1.165) is 44.5 Å². The van der Waals surface area contributed by atoms with Gasteiger partial charge in [-0.25, -0.2) is 10.3 Å². The number of hydrogen-bond acceptors (Lipinski definition) is 4. The molecule has 2 unspecified atom stereocenters. The van der Waals surface area contributed by atoms with Crippen LogP contribution in [0.4, 0.5) is 0 Å². The van der Waals surface area contributed by atoms with E-state index in [0.29, 0.717) is 6.42 Å². The maximum absolute atomic E-state index is 12.4. The topological polar surface area (TPSA) is 61.8 Å². The first-order chi connectivity index (χ1) is 10.7. The Morgan fingerprint density at radius 2 is 2.00 bits per heavy atom. The Kier molecular flexibility index (Phi) is 4.76. The van der Waals surface area contributed by atoms with Crippen molar-refractivity contribution in [1.29, 1.82) is 0 Å². The van der Waals surface area contributed by atoms with Crippen LogP contribution >= 0.6 is 0 Å². The van der Waals surface area contributed by atoms with Crippen molar-refractivity contribution in [2.24, 2.45) is 0 Å². The van der Waals surface area contributed by atoms with Crippen LogP contribution in [0.2, 0.25) is 0 Å². The Morgan fingerprint density at radius 1 is 1.27 bits per heavy atom. The summed E-state index contributed by atoms with van der Waals surface area (Å²) < 4.78 is 0. The van der Waals surface area contributed by atoms with Crippen LogP contribution in [0.3, 0.4) is 0 Å². The van der Waals surface area contributed by atoms with E-state index in [4.69, 9.17) is 4.84 Å². The number of nitrogens with one attached hydrogen (secondary N) is 1. The Bertz CT molecular complexity index is 496. The molecule has 2 fully saturated rings. The lowest BCUT2D eigenvalue weighted by Crippen LogP contribution is -2.55. The molecular weight excluding hydrogens is 280 g/mol. The number of benzene rings is 1. The van der Waals surface area contributed by atoms with E-state index < -0.39 is 11.5 Å². The lowest BCUT2D eigenvalue weighted by atomic mass is 9.81. The molecule has 5 nitrogen and oxygen atoms in total. The van der Waals surface area contributed by atoms with Crippen molar-refractivity contribution >= 4 is 5.97 Å². The quantitative estimate of drug-likeness (QED) is 0.872. The number of carboxylic acids is 1. The normalized spacial score (nSPS) is 25.7. The smallest absolute Gasteiger partial charge is 0.328 e. The van der Waals surface area contributed by atoms with Gasteiger partial charge in [0.15, 0.2) is 0 Å². The lowest BCUT2D eigenvalue weighted by molar-refractivity contribution is -0.157. The highest BCUT2D eigenvalue weighted by Gasteiger charge is 2.48. The number of carbonyl (C=O) groups is 1. The summed E-state index contributed by atoms with van der Waals surface area (Å²) in [7, 11) is 0. The third kappa shape index (κ3) is 2.89. The molecule has 0 radical (unpaired) electrons. The first kappa shape index (κ1) is 15.5. The third-order valence-electron chi connectivity index (χ3n) is 4.84. The fourth-order valence-electron chi connectivity index (χ4n) is 3.69. The Morgan fingerprint density at radius 3 is 2.59 bits per heavy atom. The van der Waals surface area contributed by atoms with Crippen LogP contribution in [0.25, 0.3) is 0 Å². The van der Waals surface area contributed by atoms with Gasteiger partial charge in [0.1, 0.15) is 5.54 Å². The predicted octanol–water partition coefficient (Wildman–Crippen LogP) is 2.14. The van der Waals surface area contributed by atoms with E-state index in [1.807, 2.05) is 30.3 Å². The maximum Gasteiger partial charge on any atom is 0.328 e. The number of rotatable bonds is 5. The molecule has 1 aromatic carbocycles. The van der Waals surface area contributed by atoms with Gasteiger partial charge in [0, 0.05) is 13.0 Å². The van der Waals surface area contributed by atoms with Gasteiger partial charge < -0.3 is 5.11 Å². The van der Waals surface area contributed by atoms with Crippen LogP contribution in [0.15, 0.2) is 30.3 Å². The van der Waals surface area contributed by atoms with Crippen LogP contribution in [-0.2, 0) is 15.2 Å². The second-order valence-electron chi connectivity index (χ2n) is 6.21. The molecule has 0 saturated carbocycles. The molecule has 0 aromatic heterocycles. The minimum atomic E-state index is -0.988. The zero-order valence-corrected chi connectivity index (χ0v) is 12.8. The predicted molar refractivity (Wildman–Crippen MR) is 83.3 cm³/mol. The Hall–Kier alpha value is -1.43. The van der Waals surface area contributed by atoms with Crippen LogP contribution in [0.5, 0.6) is 0 Å². The van der Waals surface area contributed by atoms with E-state index in [-0.39, 0.29) is 6.10 Å². The van der Waals surface area contributed by atoms with E-state index in [1.165, 1.54) is 6.42 Å². The lowest BCUT2D eigenvalue weighted by Gasteiger charge is -2.44. The van der Waals surface area contributed by atoms with E-state index in [9.17, 15) is 9.90 Å². The van der Waals surface area contributed by atoms with Gasteiger partial charge in [0.05, 0.1) is 6.10 Å². The summed E-state index contributed by atoms with van der Waals surface area (Å²) >= 11 is 0. The second kappa shape index (κ2) is 6.77. The van der Waals surface area contributed by atoms with Crippen LogP contribution < -0.4 is 5.48 Å². The summed E-state index contributed by atoms with van der Waals surface area (Å²) in [5.74, 6) is -0.767. The average molecular weight is 304 g/mol. The fourth-order valence-corrected chi connectivity index (χ4v) is 3.69. The number of hydrogen-bond donors (Lipinski definition) is 2. The largest absolute Gasteiger partial charge is 0.480 e. The molecule has 2 aliphatic rings. The molecule has 120 valence electrons. The van der Waals surface area contributed by atoms with Crippen LogP contribution in [0.1, 0.15) is 37.7 Å². The summed E-state index contributed by atoms with van der Waals surface area (Å²) in [6.45, 7) is 2.46. The van der Waals surface area contributed by atoms with Gasteiger partial charge in [-0.3, -0.25) is 9.74 Å². The number of aliphatic carboxylic acids is 1. The first-order valence-corrected chi connectivity index (χ1v) is 8.16. The average Bonchev–Trinajstić information content (AvgIpc) is 3.07. The molecule has 2 saturated heterocycles.